The molecule has 19 heavy (non-hydrogen) atoms. The average molecular weight is 282 g/mol. The molecule has 0 aliphatic rings. The molecule has 2 nitrogen and oxygen atoms in total. The van der Waals surface area contributed by atoms with Crippen LogP contribution < -0.4 is 0 Å². The van der Waals surface area contributed by atoms with Crippen molar-refractivity contribution in [3.63, 3.8) is 0 Å². The largest absolute Gasteiger partial charge is 0.357 e. The molecule has 0 saturated heterocycles. The van der Waals surface area contributed by atoms with Gasteiger partial charge >= 0.3 is 0 Å². The fourth-order valence-corrected chi connectivity index (χ4v) is 1.63. The zero-order chi connectivity index (χ0) is 14.4. The van der Waals surface area contributed by atoms with Gasteiger partial charge in [0.15, 0.2) is 0 Å². The number of thiol groups is 1. The van der Waals surface area contributed by atoms with E-state index in [0.717, 1.165) is 44.9 Å². The topological polar surface area (TPSA) is 40.5 Å². The Morgan fingerprint density at radius 3 is 2.37 bits per heavy atom. The van der Waals surface area contributed by atoms with Gasteiger partial charge in [-0.25, -0.2) is 0 Å². The summed E-state index contributed by atoms with van der Waals surface area (Å²) in [7, 11) is 0. The molecule has 0 aromatic rings. The van der Waals surface area contributed by atoms with Crippen LogP contribution in [0.25, 0.3) is 0 Å². The predicted octanol–water partition coefficient (Wildman–Crippen LogP) is 3.81. The van der Waals surface area contributed by atoms with Gasteiger partial charge in [0.05, 0.1) is 0 Å². The maximum Gasteiger partial charge on any atom is 0.210 e. The molecule has 2 N–H and O–H groups in total. The highest BCUT2D eigenvalue weighted by molar-refractivity contribution is 7.81. The molecular formula is C16H26O2S. The monoisotopic (exact) mass is 282 g/mol. The van der Waals surface area contributed by atoms with E-state index >= 15 is 0 Å². The first-order valence-electron chi connectivity index (χ1n) is 7.02. The molecule has 108 valence electrons. The Morgan fingerprint density at radius 1 is 1.05 bits per heavy atom. The van der Waals surface area contributed by atoms with E-state index < -0.39 is 5.12 Å². The molecule has 3 heteroatoms. The molecule has 0 radical (unpaired) electrons. The minimum absolute atomic E-state index is 0.293. The molecule has 0 unspecified atom stereocenters. The minimum atomic E-state index is -1.82. The molecule has 0 rings (SSSR count). The van der Waals surface area contributed by atoms with E-state index in [1.54, 1.807) is 0 Å². The van der Waals surface area contributed by atoms with Gasteiger partial charge in [-0.2, -0.15) is 0 Å². The molecule has 0 bridgehead atoms. The summed E-state index contributed by atoms with van der Waals surface area (Å²) in [5, 5.41) is 16.1. The fourth-order valence-electron chi connectivity index (χ4n) is 1.48. The third-order valence-corrected chi connectivity index (χ3v) is 2.73. The van der Waals surface area contributed by atoms with Crippen molar-refractivity contribution in [2.24, 2.45) is 0 Å². The lowest BCUT2D eigenvalue weighted by molar-refractivity contribution is -0.0799. The highest BCUT2D eigenvalue weighted by Crippen LogP contribution is 2.14. The van der Waals surface area contributed by atoms with E-state index in [4.69, 9.17) is 10.2 Å². The van der Waals surface area contributed by atoms with Gasteiger partial charge in [-0.3, -0.25) is 0 Å². The summed E-state index contributed by atoms with van der Waals surface area (Å²) in [5.74, 6) is 6.14. The molecule has 0 heterocycles. The van der Waals surface area contributed by atoms with Crippen LogP contribution >= 0.6 is 12.6 Å². The Bertz CT molecular complexity index is 316. The van der Waals surface area contributed by atoms with Crippen LogP contribution in [-0.4, -0.2) is 15.3 Å². The number of hydrogen-bond donors (Lipinski definition) is 3. The van der Waals surface area contributed by atoms with Crippen LogP contribution in [0.2, 0.25) is 0 Å². The highest BCUT2D eigenvalue weighted by Gasteiger charge is 2.14. The summed E-state index contributed by atoms with van der Waals surface area (Å²) in [6.45, 7) is 2.10. The lowest BCUT2D eigenvalue weighted by atomic mass is 10.1. The number of rotatable bonds is 9. The minimum Gasteiger partial charge on any atom is -0.357 e. The number of allylic oxidation sites excluding steroid dienone is 4. The molecule has 0 spiro atoms. The number of unbranched alkanes of at least 4 members (excludes halogenated alkanes) is 4. The Labute approximate surface area is 123 Å². The normalized spacial score (nSPS) is 12.0. The highest BCUT2D eigenvalue weighted by atomic mass is 32.1. The van der Waals surface area contributed by atoms with Gasteiger partial charge in [-0.05, 0) is 44.6 Å². The second-order valence-corrected chi connectivity index (χ2v) is 5.23. The quantitative estimate of drug-likeness (QED) is 0.198. The summed E-state index contributed by atoms with van der Waals surface area (Å²) >= 11 is 3.64. The maximum absolute atomic E-state index is 8.97. The van der Waals surface area contributed by atoms with Gasteiger partial charge in [0, 0.05) is 12.8 Å². The second kappa shape index (κ2) is 12.3. The summed E-state index contributed by atoms with van der Waals surface area (Å²) < 4.78 is 0. The van der Waals surface area contributed by atoms with Crippen molar-refractivity contribution < 1.29 is 10.2 Å². The maximum atomic E-state index is 8.97. The Balaban J connectivity index is 3.34. The molecule has 0 amide bonds. The van der Waals surface area contributed by atoms with Gasteiger partial charge in [-0.1, -0.05) is 37.0 Å². The SMILES string of the molecule is CC/C=C/C#CCCCC/C=C/CCCC(O)(O)S. The zero-order valence-corrected chi connectivity index (χ0v) is 12.7. The molecular weight excluding hydrogens is 256 g/mol. The van der Waals surface area contributed by atoms with Crippen LogP contribution in [0.5, 0.6) is 0 Å². The Kier molecular flexibility index (Phi) is 11.9. The van der Waals surface area contributed by atoms with Crippen molar-refractivity contribution >= 4 is 12.6 Å². The molecule has 0 atom stereocenters. The van der Waals surface area contributed by atoms with E-state index in [0.29, 0.717) is 6.42 Å². The van der Waals surface area contributed by atoms with Gasteiger partial charge < -0.3 is 10.2 Å². The molecule has 0 aromatic heterocycles. The van der Waals surface area contributed by atoms with Crippen molar-refractivity contribution in [2.45, 2.75) is 63.4 Å². The van der Waals surface area contributed by atoms with Crippen molar-refractivity contribution in [3.05, 3.63) is 24.3 Å². The third kappa shape index (κ3) is 17.3. The van der Waals surface area contributed by atoms with Crippen molar-refractivity contribution in [1.29, 1.82) is 0 Å². The molecule has 0 saturated carbocycles. The smallest absolute Gasteiger partial charge is 0.210 e. The summed E-state index contributed by atoms with van der Waals surface area (Å²) in [4.78, 5) is 0. The zero-order valence-electron chi connectivity index (χ0n) is 11.8. The van der Waals surface area contributed by atoms with E-state index in [9.17, 15) is 0 Å². The van der Waals surface area contributed by atoms with Crippen LogP contribution in [0.4, 0.5) is 0 Å². The van der Waals surface area contributed by atoms with E-state index in [-0.39, 0.29) is 0 Å². The van der Waals surface area contributed by atoms with E-state index in [2.05, 4.69) is 49.6 Å². The van der Waals surface area contributed by atoms with Gasteiger partial charge in [0.1, 0.15) is 0 Å². The third-order valence-electron chi connectivity index (χ3n) is 2.51. The predicted molar refractivity (Wildman–Crippen MR) is 84.8 cm³/mol. The molecule has 0 fully saturated rings. The van der Waals surface area contributed by atoms with Crippen LogP contribution in [-0.2, 0) is 0 Å². The van der Waals surface area contributed by atoms with Crippen molar-refractivity contribution in [2.75, 3.05) is 0 Å². The van der Waals surface area contributed by atoms with Gasteiger partial charge in [0.25, 0.3) is 0 Å². The first-order valence-corrected chi connectivity index (χ1v) is 7.46. The fraction of sp³-hybridized carbons (Fsp3) is 0.625. The summed E-state index contributed by atoms with van der Waals surface area (Å²) in [6.07, 6.45) is 15.5. The summed E-state index contributed by atoms with van der Waals surface area (Å²) in [5.41, 5.74) is 0. The molecule has 0 aliphatic carbocycles. The van der Waals surface area contributed by atoms with Crippen LogP contribution in [0.3, 0.4) is 0 Å². The first-order chi connectivity index (χ1) is 9.06. The molecule has 0 aromatic carbocycles. The van der Waals surface area contributed by atoms with Crippen LogP contribution in [0.1, 0.15) is 58.3 Å². The van der Waals surface area contributed by atoms with Crippen LogP contribution in [0, 0.1) is 11.8 Å². The van der Waals surface area contributed by atoms with Gasteiger partial charge in [-0.15, -0.1) is 12.6 Å². The Hall–Kier alpha value is -0.690. The summed E-state index contributed by atoms with van der Waals surface area (Å²) in [6, 6.07) is 0. The molecule has 0 aliphatic heterocycles. The lowest BCUT2D eigenvalue weighted by Crippen LogP contribution is -2.18. The lowest BCUT2D eigenvalue weighted by Gasteiger charge is -2.12. The van der Waals surface area contributed by atoms with Gasteiger partial charge in [0.2, 0.25) is 5.12 Å². The number of hydrogen-bond acceptors (Lipinski definition) is 3. The van der Waals surface area contributed by atoms with E-state index in [1.165, 1.54) is 0 Å². The first kappa shape index (κ1) is 18.3. The Morgan fingerprint density at radius 2 is 1.74 bits per heavy atom. The average Bonchev–Trinajstić information content (AvgIpc) is 2.34. The van der Waals surface area contributed by atoms with Crippen molar-refractivity contribution in [3.8, 4) is 11.8 Å². The van der Waals surface area contributed by atoms with Crippen LogP contribution in [0.15, 0.2) is 24.3 Å². The second-order valence-electron chi connectivity index (χ2n) is 4.52. The van der Waals surface area contributed by atoms with E-state index in [1.807, 2.05) is 6.08 Å². The van der Waals surface area contributed by atoms with Crippen molar-refractivity contribution in [1.82, 2.24) is 0 Å². The standard InChI is InChI=1S/C16H26O2S/c1-2-3-4-5-6-7-8-9-10-11-12-13-14-15-16(17,18)19/h3-4,11-12,17-19H,2,7-10,13-15H2,1H3/b4-3+,12-11+. The number of aliphatic hydroxyl groups is 2.